The number of hydrogen-bond acceptors (Lipinski definition) is 5. The molecule has 7 heteroatoms. The monoisotopic (exact) mass is 286 g/mol. The van der Waals surface area contributed by atoms with Crippen LogP contribution in [-0.4, -0.2) is 40.5 Å². The first-order chi connectivity index (χ1) is 8.07. The van der Waals surface area contributed by atoms with Gasteiger partial charge in [0.25, 0.3) is 0 Å². The molecule has 2 aliphatic rings. The van der Waals surface area contributed by atoms with Crippen molar-refractivity contribution < 1.29 is 8.42 Å². The highest BCUT2D eigenvalue weighted by Crippen LogP contribution is 2.39. The van der Waals surface area contributed by atoms with Crippen molar-refractivity contribution in [1.82, 2.24) is 4.98 Å². The Morgan fingerprint density at radius 1 is 1.41 bits per heavy atom. The quantitative estimate of drug-likeness (QED) is 0.720. The molecule has 90 valence electrons. The molecule has 3 rings (SSSR count). The van der Waals surface area contributed by atoms with E-state index >= 15 is 0 Å². The van der Waals surface area contributed by atoms with Crippen molar-refractivity contribution in [2.45, 2.75) is 11.3 Å². The molecule has 0 spiro atoms. The normalized spacial score (nSPS) is 30.6. The summed E-state index contributed by atoms with van der Waals surface area (Å²) >= 11 is 6.79. The van der Waals surface area contributed by atoms with Gasteiger partial charge in [-0.15, -0.1) is 0 Å². The molecule has 3 heterocycles. The van der Waals surface area contributed by atoms with Crippen LogP contribution < -0.4 is 4.90 Å². The molecule has 2 aliphatic heterocycles. The summed E-state index contributed by atoms with van der Waals surface area (Å²) in [4.78, 5) is 6.13. The highest BCUT2D eigenvalue weighted by atomic mass is 32.2. The van der Waals surface area contributed by atoms with Crippen LogP contribution in [0.3, 0.4) is 0 Å². The van der Waals surface area contributed by atoms with E-state index in [4.69, 9.17) is 12.2 Å². The van der Waals surface area contributed by atoms with Crippen LogP contribution >= 0.6 is 24.0 Å². The fraction of sp³-hybridized carbons (Fsp3) is 0.400. The lowest BCUT2D eigenvalue weighted by molar-refractivity contribution is 0.601. The fourth-order valence-corrected chi connectivity index (χ4v) is 6.58. The average molecular weight is 286 g/mol. The summed E-state index contributed by atoms with van der Waals surface area (Å²) in [7, 11) is -2.92. The molecular formula is C10H10N2O2S3. The van der Waals surface area contributed by atoms with Crippen molar-refractivity contribution >= 4 is 44.0 Å². The number of pyridine rings is 1. The van der Waals surface area contributed by atoms with E-state index in [1.165, 1.54) is 11.8 Å². The molecule has 0 radical (unpaired) electrons. The Balaban J connectivity index is 1.98. The zero-order valence-corrected chi connectivity index (χ0v) is 11.3. The van der Waals surface area contributed by atoms with Gasteiger partial charge in [-0.1, -0.05) is 30.0 Å². The molecule has 4 nitrogen and oxygen atoms in total. The topological polar surface area (TPSA) is 50.3 Å². The van der Waals surface area contributed by atoms with Gasteiger partial charge in [0.2, 0.25) is 0 Å². The van der Waals surface area contributed by atoms with Crippen LogP contribution in [0, 0.1) is 0 Å². The Morgan fingerprint density at radius 3 is 2.94 bits per heavy atom. The molecule has 0 N–H and O–H groups in total. The maximum Gasteiger partial charge on any atom is 0.153 e. The summed E-state index contributed by atoms with van der Waals surface area (Å²) in [5.41, 5.74) is 0. The number of rotatable bonds is 1. The third-order valence-corrected chi connectivity index (χ3v) is 6.54. The molecular weight excluding hydrogens is 276 g/mol. The third kappa shape index (κ3) is 1.96. The smallest absolute Gasteiger partial charge is 0.153 e. The molecule has 0 bridgehead atoms. The first kappa shape index (κ1) is 11.4. The Hall–Kier alpha value is -0.660. The number of aromatic nitrogens is 1. The summed E-state index contributed by atoms with van der Waals surface area (Å²) in [5, 5.41) is 0.0644. The van der Waals surface area contributed by atoms with Gasteiger partial charge < -0.3 is 4.90 Å². The second-order valence-electron chi connectivity index (χ2n) is 4.12. The minimum Gasteiger partial charge on any atom is -0.307 e. The lowest BCUT2D eigenvalue weighted by Gasteiger charge is -2.22. The molecule has 0 amide bonds. The zero-order chi connectivity index (χ0) is 12.0. The summed E-state index contributed by atoms with van der Waals surface area (Å²) in [6.45, 7) is 0. The van der Waals surface area contributed by atoms with Gasteiger partial charge in [0, 0.05) is 11.4 Å². The van der Waals surface area contributed by atoms with E-state index in [0.29, 0.717) is 0 Å². The molecule has 1 aromatic heterocycles. The molecule has 17 heavy (non-hydrogen) atoms. The fourth-order valence-electron chi connectivity index (χ4n) is 2.23. The molecule has 0 unspecified atom stereocenters. The van der Waals surface area contributed by atoms with Gasteiger partial charge in [-0.05, 0) is 12.1 Å². The van der Waals surface area contributed by atoms with Gasteiger partial charge in [0.15, 0.2) is 9.84 Å². The third-order valence-electron chi connectivity index (χ3n) is 2.95. The second kappa shape index (κ2) is 3.93. The van der Waals surface area contributed by atoms with Gasteiger partial charge in [0.1, 0.15) is 10.1 Å². The lowest BCUT2D eigenvalue weighted by Crippen LogP contribution is -2.37. The molecule has 2 atom stereocenters. The number of sulfone groups is 1. The maximum atomic E-state index is 11.6. The van der Waals surface area contributed by atoms with Crippen molar-refractivity contribution in [3.05, 3.63) is 24.4 Å². The van der Waals surface area contributed by atoms with Gasteiger partial charge in [0.05, 0.1) is 17.5 Å². The molecule has 1 aromatic rings. The van der Waals surface area contributed by atoms with E-state index in [-0.39, 0.29) is 22.8 Å². The van der Waals surface area contributed by atoms with Crippen LogP contribution in [-0.2, 0) is 9.84 Å². The molecule has 0 aliphatic carbocycles. The van der Waals surface area contributed by atoms with E-state index < -0.39 is 9.84 Å². The van der Waals surface area contributed by atoms with E-state index in [1.54, 1.807) is 6.20 Å². The molecule has 0 saturated carbocycles. The van der Waals surface area contributed by atoms with Crippen LogP contribution in [0.5, 0.6) is 0 Å². The maximum absolute atomic E-state index is 11.6. The van der Waals surface area contributed by atoms with Crippen molar-refractivity contribution in [1.29, 1.82) is 0 Å². The Labute approximate surface area is 109 Å². The zero-order valence-electron chi connectivity index (χ0n) is 8.81. The Morgan fingerprint density at radius 2 is 2.24 bits per heavy atom. The standard InChI is InChI=1S/C10H10N2O2S3/c13-17(14)5-7-8(6-17)16-10(15)12(7)9-3-1-2-4-11-9/h1-4,7-8H,5-6H2/t7-,8+/m1/s1. The lowest BCUT2D eigenvalue weighted by atomic mass is 10.2. The predicted octanol–water partition coefficient (Wildman–Crippen LogP) is 1.09. The summed E-state index contributed by atoms with van der Waals surface area (Å²) in [5.74, 6) is 1.15. The molecule has 0 aromatic carbocycles. The number of nitrogens with zero attached hydrogens (tertiary/aromatic N) is 2. The van der Waals surface area contributed by atoms with E-state index in [2.05, 4.69) is 4.98 Å². The van der Waals surface area contributed by atoms with E-state index in [1.807, 2.05) is 23.1 Å². The number of thiocarbonyl (C=S) groups is 1. The van der Waals surface area contributed by atoms with Crippen LogP contribution in [0.4, 0.5) is 5.82 Å². The summed E-state index contributed by atoms with van der Waals surface area (Å²) < 4.78 is 24.0. The van der Waals surface area contributed by atoms with Gasteiger partial charge >= 0.3 is 0 Å². The average Bonchev–Trinajstić information content (AvgIpc) is 2.69. The Kier molecular flexibility index (Phi) is 2.64. The number of thioether (sulfide) groups is 1. The summed E-state index contributed by atoms with van der Waals surface area (Å²) in [6, 6.07) is 5.53. The largest absolute Gasteiger partial charge is 0.307 e. The predicted molar refractivity (Wildman–Crippen MR) is 73.1 cm³/mol. The van der Waals surface area contributed by atoms with Crippen LogP contribution in [0.2, 0.25) is 0 Å². The van der Waals surface area contributed by atoms with Crippen LogP contribution in [0.15, 0.2) is 24.4 Å². The van der Waals surface area contributed by atoms with Crippen molar-refractivity contribution in [2.75, 3.05) is 16.4 Å². The first-order valence-electron chi connectivity index (χ1n) is 5.18. The van der Waals surface area contributed by atoms with Gasteiger partial charge in [-0.25, -0.2) is 13.4 Å². The van der Waals surface area contributed by atoms with E-state index in [9.17, 15) is 8.42 Å². The van der Waals surface area contributed by atoms with Gasteiger partial charge in [-0.3, -0.25) is 0 Å². The minimum absolute atomic E-state index is 0.0487. The summed E-state index contributed by atoms with van der Waals surface area (Å²) in [6.07, 6.45) is 1.69. The highest BCUT2D eigenvalue weighted by Gasteiger charge is 2.48. The van der Waals surface area contributed by atoms with Gasteiger partial charge in [-0.2, -0.15) is 0 Å². The van der Waals surface area contributed by atoms with Crippen molar-refractivity contribution in [3.63, 3.8) is 0 Å². The number of fused-ring (bicyclic) bond motifs is 1. The number of hydrogen-bond donors (Lipinski definition) is 0. The second-order valence-corrected chi connectivity index (χ2v) is 8.15. The SMILES string of the molecule is O=S1(=O)C[C@@H]2SC(=S)N(c3ccccn3)[C@@H]2C1. The Bertz CT molecular complexity index is 558. The van der Waals surface area contributed by atoms with Crippen molar-refractivity contribution in [3.8, 4) is 0 Å². The van der Waals surface area contributed by atoms with Crippen LogP contribution in [0.25, 0.3) is 0 Å². The van der Waals surface area contributed by atoms with Crippen LogP contribution in [0.1, 0.15) is 0 Å². The highest BCUT2D eigenvalue weighted by molar-refractivity contribution is 8.24. The van der Waals surface area contributed by atoms with E-state index in [0.717, 1.165) is 10.1 Å². The van der Waals surface area contributed by atoms with Crippen molar-refractivity contribution in [2.24, 2.45) is 0 Å². The number of anilines is 1. The molecule has 2 saturated heterocycles. The molecule has 2 fully saturated rings. The first-order valence-corrected chi connectivity index (χ1v) is 8.29. The minimum atomic E-state index is -2.92.